The summed E-state index contributed by atoms with van der Waals surface area (Å²) in [6, 6.07) is 5.89. The quantitative estimate of drug-likeness (QED) is 0.312. The minimum atomic E-state index is -0.0128. The fraction of sp³-hybridized carbons (Fsp3) is 0.429. The van der Waals surface area contributed by atoms with Gasteiger partial charge in [-0.3, -0.25) is 19.2 Å². The molecule has 0 bridgehead atoms. The van der Waals surface area contributed by atoms with Gasteiger partial charge < -0.3 is 8.83 Å². The van der Waals surface area contributed by atoms with E-state index >= 15 is 0 Å². The van der Waals surface area contributed by atoms with E-state index in [0.29, 0.717) is 36.3 Å². The van der Waals surface area contributed by atoms with Crippen molar-refractivity contribution in [3.8, 4) is 0 Å². The number of aldehydes is 3. The maximum absolute atomic E-state index is 10.7. The first kappa shape index (κ1) is 32.9. The second-order valence-corrected chi connectivity index (χ2v) is 8.51. The van der Waals surface area contributed by atoms with E-state index in [9.17, 15) is 19.2 Å². The van der Waals surface area contributed by atoms with Crippen LogP contribution < -0.4 is 0 Å². The second kappa shape index (κ2) is 20.3. The lowest BCUT2D eigenvalue weighted by Gasteiger charge is -1.98. The Labute approximate surface area is 204 Å². The van der Waals surface area contributed by atoms with Gasteiger partial charge in [0.05, 0.1) is 18.8 Å². The molecule has 0 aromatic carbocycles. The number of hydrogen-bond donors (Lipinski definition) is 0. The van der Waals surface area contributed by atoms with Gasteiger partial charge in [-0.15, -0.1) is 0 Å². The van der Waals surface area contributed by atoms with Gasteiger partial charge in [-0.05, 0) is 59.4 Å². The van der Waals surface area contributed by atoms with Crippen LogP contribution in [0.15, 0.2) is 69.6 Å². The van der Waals surface area contributed by atoms with Gasteiger partial charge in [-0.25, -0.2) is 0 Å². The summed E-state index contributed by atoms with van der Waals surface area (Å²) in [5.41, 5.74) is 1.81. The molecule has 0 saturated carbocycles. The van der Waals surface area contributed by atoms with Gasteiger partial charge in [0.1, 0.15) is 24.6 Å². The van der Waals surface area contributed by atoms with Crippen LogP contribution in [0.4, 0.5) is 0 Å². The molecule has 6 heteroatoms. The minimum absolute atomic E-state index is 0.0119. The molecule has 0 radical (unpaired) electrons. The zero-order valence-electron chi connectivity index (χ0n) is 21.7. The summed E-state index contributed by atoms with van der Waals surface area (Å²) in [4.78, 5) is 40.3. The Morgan fingerprint density at radius 3 is 1.71 bits per heavy atom. The van der Waals surface area contributed by atoms with E-state index in [4.69, 9.17) is 8.83 Å². The molecule has 2 rings (SSSR count). The SMILES string of the molecule is CC(C)/C(C=O)=C\C=O.CC(C)C(=O)/C=C/C=O.CC(C)c1ccco1.CC(C)c1ccoc1. The second-order valence-electron chi connectivity index (χ2n) is 8.51. The Hall–Kier alpha value is -3.28. The van der Waals surface area contributed by atoms with Gasteiger partial charge >= 0.3 is 0 Å². The molecule has 0 aliphatic carbocycles. The maximum atomic E-state index is 10.7. The highest BCUT2D eigenvalue weighted by molar-refractivity contribution is 5.93. The monoisotopic (exact) mass is 472 g/mol. The van der Waals surface area contributed by atoms with Gasteiger partial charge in [-0.1, -0.05) is 55.4 Å². The van der Waals surface area contributed by atoms with Crippen molar-refractivity contribution in [2.24, 2.45) is 11.8 Å². The Morgan fingerprint density at radius 1 is 0.824 bits per heavy atom. The fourth-order valence-corrected chi connectivity index (χ4v) is 2.00. The lowest BCUT2D eigenvalue weighted by atomic mass is 10.1. The zero-order chi connectivity index (χ0) is 26.5. The normalized spacial score (nSPS) is 10.8. The molecular formula is C28H40O6. The first-order chi connectivity index (χ1) is 16.0. The van der Waals surface area contributed by atoms with Crippen molar-refractivity contribution in [2.45, 2.75) is 67.2 Å². The van der Waals surface area contributed by atoms with E-state index in [-0.39, 0.29) is 17.6 Å². The minimum Gasteiger partial charge on any atom is -0.472 e. The van der Waals surface area contributed by atoms with Crippen LogP contribution in [0.25, 0.3) is 0 Å². The van der Waals surface area contributed by atoms with E-state index in [1.54, 1.807) is 32.6 Å². The molecule has 0 aliphatic heterocycles. The van der Waals surface area contributed by atoms with E-state index in [2.05, 4.69) is 27.7 Å². The molecule has 0 fully saturated rings. The molecule has 0 N–H and O–H groups in total. The lowest BCUT2D eigenvalue weighted by Crippen LogP contribution is -2.01. The maximum Gasteiger partial charge on any atom is 0.158 e. The summed E-state index contributed by atoms with van der Waals surface area (Å²) < 4.78 is 9.97. The van der Waals surface area contributed by atoms with Crippen molar-refractivity contribution >= 4 is 24.6 Å². The number of furan rings is 2. The molecule has 0 saturated heterocycles. The Kier molecular flexibility index (Phi) is 19.7. The number of carbonyl (C=O) groups excluding carboxylic acids is 4. The van der Waals surface area contributed by atoms with Gasteiger partial charge in [0, 0.05) is 11.8 Å². The molecule has 34 heavy (non-hydrogen) atoms. The van der Waals surface area contributed by atoms with Gasteiger partial charge in [-0.2, -0.15) is 0 Å². The van der Waals surface area contributed by atoms with Crippen LogP contribution in [0.2, 0.25) is 0 Å². The summed E-state index contributed by atoms with van der Waals surface area (Å²) >= 11 is 0. The van der Waals surface area contributed by atoms with Gasteiger partial charge in [0.25, 0.3) is 0 Å². The van der Waals surface area contributed by atoms with Crippen molar-refractivity contribution < 1.29 is 28.0 Å². The zero-order valence-corrected chi connectivity index (χ0v) is 21.7. The third-order valence-electron chi connectivity index (χ3n) is 4.29. The van der Waals surface area contributed by atoms with E-state index in [0.717, 1.165) is 5.76 Å². The molecular weight excluding hydrogens is 432 g/mol. The van der Waals surface area contributed by atoms with E-state index in [1.807, 2.05) is 32.0 Å². The van der Waals surface area contributed by atoms with E-state index < -0.39 is 0 Å². The molecule has 2 heterocycles. The fourth-order valence-electron chi connectivity index (χ4n) is 2.00. The molecule has 6 nitrogen and oxygen atoms in total. The molecule has 0 aliphatic rings. The highest BCUT2D eigenvalue weighted by Crippen LogP contribution is 2.13. The number of ketones is 1. The molecule has 2 aromatic rings. The highest BCUT2D eigenvalue weighted by atomic mass is 16.3. The smallest absolute Gasteiger partial charge is 0.158 e. The summed E-state index contributed by atoms with van der Waals surface area (Å²) in [5, 5.41) is 0. The number of rotatable bonds is 8. The van der Waals surface area contributed by atoms with Gasteiger partial charge in [0.15, 0.2) is 5.78 Å². The summed E-state index contributed by atoms with van der Waals surface area (Å²) in [6.07, 6.45) is 10.9. The largest absolute Gasteiger partial charge is 0.472 e. The van der Waals surface area contributed by atoms with Crippen molar-refractivity contribution in [1.29, 1.82) is 0 Å². The molecule has 0 amide bonds. The van der Waals surface area contributed by atoms with Crippen LogP contribution in [0, 0.1) is 11.8 Å². The van der Waals surface area contributed by atoms with Crippen LogP contribution >= 0.6 is 0 Å². The number of hydrogen-bond acceptors (Lipinski definition) is 6. The molecule has 2 aromatic heterocycles. The van der Waals surface area contributed by atoms with Crippen LogP contribution in [0.3, 0.4) is 0 Å². The predicted molar refractivity (Wildman–Crippen MR) is 136 cm³/mol. The molecule has 188 valence electrons. The van der Waals surface area contributed by atoms with Crippen LogP contribution in [-0.4, -0.2) is 24.6 Å². The number of carbonyl (C=O) groups is 4. The first-order valence-corrected chi connectivity index (χ1v) is 11.3. The van der Waals surface area contributed by atoms with Gasteiger partial charge in [0.2, 0.25) is 0 Å². The summed E-state index contributed by atoms with van der Waals surface area (Å²) in [6.45, 7) is 15.8. The van der Waals surface area contributed by atoms with Crippen LogP contribution in [0.5, 0.6) is 0 Å². The highest BCUT2D eigenvalue weighted by Gasteiger charge is 2.00. The third kappa shape index (κ3) is 17.3. The molecule has 0 spiro atoms. The Balaban J connectivity index is 0. The summed E-state index contributed by atoms with van der Waals surface area (Å²) in [5.74, 6) is 2.29. The first-order valence-electron chi connectivity index (χ1n) is 11.3. The van der Waals surface area contributed by atoms with Crippen molar-refractivity contribution in [2.75, 3.05) is 0 Å². The molecule has 0 atom stereocenters. The average molecular weight is 473 g/mol. The summed E-state index contributed by atoms with van der Waals surface area (Å²) in [7, 11) is 0. The van der Waals surface area contributed by atoms with Crippen molar-refractivity contribution in [3.05, 3.63) is 72.1 Å². The Morgan fingerprint density at radius 2 is 1.47 bits per heavy atom. The van der Waals surface area contributed by atoms with Crippen molar-refractivity contribution in [3.63, 3.8) is 0 Å². The predicted octanol–water partition coefficient (Wildman–Crippen LogP) is 6.74. The van der Waals surface area contributed by atoms with Crippen molar-refractivity contribution in [1.82, 2.24) is 0 Å². The lowest BCUT2D eigenvalue weighted by molar-refractivity contribution is -0.117. The Bertz CT molecular complexity index is 797. The third-order valence-corrected chi connectivity index (χ3v) is 4.29. The topological polar surface area (TPSA) is 94.6 Å². The number of allylic oxidation sites excluding steroid dienone is 4. The average Bonchev–Trinajstić information content (AvgIpc) is 3.51. The van der Waals surface area contributed by atoms with Crippen LogP contribution in [-0.2, 0) is 19.2 Å². The molecule has 0 unspecified atom stereocenters. The van der Waals surface area contributed by atoms with E-state index in [1.165, 1.54) is 23.8 Å². The van der Waals surface area contributed by atoms with Crippen LogP contribution in [0.1, 0.15) is 78.5 Å². The standard InChI is InChI=1S/2C7H10O2.2C7H10O/c1-6(2)7(5-9)3-4-8;1-6(2)7(9)4-3-5-8;1-6(2)7-3-4-8-5-7;1-6(2)7-4-3-5-8-7/h2*3-6H,1-2H3;2*3-6H,1-2H3/b7-3-;4-3+;;.